The number of aliphatic hydroxyl groups excluding tert-OH is 1. The van der Waals surface area contributed by atoms with Gasteiger partial charge in [0, 0.05) is 31.1 Å². The summed E-state index contributed by atoms with van der Waals surface area (Å²) in [6.45, 7) is 1.79. The van der Waals surface area contributed by atoms with Gasteiger partial charge < -0.3 is 9.67 Å². The molecule has 128 valence electrons. The molecule has 0 unspecified atom stereocenters. The smallest absolute Gasteiger partial charge is 0.147 e. The van der Waals surface area contributed by atoms with Gasteiger partial charge in [0.15, 0.2) is 0 Å². The average molecular weight is 334 g/mol. The molecule has 0 spiro atoms. The van der Waals surface area contributed by atoms with Crippen LogP contribution in [0.15, 0.2) is 18.2 Å². The van der Waals surface area contributed by atoms with E-state index in [9.17, 15) is 13.9 Å². The Balaban J connectivity index is 1.61. The molecular formula is C17H20F2N4O. The van der Waals surface area contributed by atoms with Crippen LogP contribution in [0, 0.1) is 11.6 Å². The minimum Gasteiger partial charge on any atom is -0.392 e. The van der Waals surface area contributed by atoms with Crippen LogP contribution < -0.4 is 0 Å². The molecule has 7 heteroatoms. The number of hydrogen-bond donors (Lipinski definition) is 1. The van der Waals surface area contributed by atoms with Crippen molar-refractivity contribution in [2.24, 2.45) is 0 Å². The van der Waals surface area contributed by atoms with Crippen LogP contribution in [0.5, 0.6) is 0 Å². The summed E-state index contributed by atoms with van der Waals surface area (Å²) in [5.41, 5.74) is 0.296. The lowest BCUT2D eigenvalue weighted by atomic mass is 10.0. The molecule has 24 heavy (non-hydrogen) atoms. The fraction of sp³-hybridized carbons (Fsp3) is 0.529. The third-order valence-electron chi connectivity index (χ3n) is 4.98. The molecule has 0 aliphatic carbocycles. The lowest BCUT2D eigenvalue weighted by Crippen LogP contribution is -2.27. The minimum absolute atomic E-state index is 0.296. The van der Waals surface area contributed by atoms with Crippen LogP contribution >= 0.6 is 0 Å². The van der Waals surface area contributed by atoms with E-state index in [0.29, 0.717) is 25.1 Å². The van der Waals surface area contributed by atoms with Gasteiger partial charge in [-0.25, -0.2) is 8.78 Å². The summed E-state index contributed by atoms with van der Waals surface area (Å²) in [7, 11) is 0. The molecule has 0 amide bonds. The number of aryl methyl sites for hydroxylation is 1. The van der Waals surface area contributed by atoms with Crippen molar-refractivity contribution >= 4 is 0 Å². The van der Waals surface area contributed by atoms with Gasteiger partial charge in [0.25, 0.3) is 0 Å². The van der Waals surface area contributed by atoms with Crippen LogP contribution in [0.2, 0.25) is 0 Å². The van der Waals surface area contributed by atoms with Gasteiger partial charge in [-0.2, -0.15) is 0 Å². The number of nitrogens with zero attached hydrogens (tertiary/aromatic N) is 4. The van der Waals surface area contributed by atoms with Crippen LogP contribution in [-0.2, 0) is 19.5 Å². The molecule has 0 bridgehead atoms. The topological polar surface area (TPSA) is 54.2 Å². The summed E-state index contributed by atoms with van der Waals surface area (Å²) in [5.74, 6) is 0.918. The first-order valence-electron chi connectivity index (χ1n) is 8.40. The fourth-order valence-electron chi connectivity index (χ4n) is 3.81. The van der Waals surface area contributed by atoms with E-state index in [4.69, 9.17) is 0 Å². The van der Waals surface area contributed by atoms with Gasteiger partial charge in [-0.1, -0.05) is 0 Å². The maximum Gasteiger partial charge on any atom is 0.147 e. The largest absolute Gasteiger partial charge is 0.392 e. The highest BCUT2D eigenvalue weighted by Gasteiger charge is 2.35. The molecule has 4 rings (SSSR count). The number of hydrogen-bond acceptors (Lipinski definition) is 4. The molecule has 0 saturated carbocycles. The highest BCUT2D eigenvalue weighted by Crippen LogP contribution is 2.35. The van der Waals surface area contributed by atoms with E-state index < -0.39 is 17.7 Å². The second-order valence-corrected chi connectivity index (χ2v) is 6.64. The molecule has 1 fully saturated rings. The molecule has 2 aliphatic heterocycles. The monoisotopic (exact) mass is 334 g/mol. The number of halogens is 2. The van der Waals surface area contributed by atoms with Crippen LogP contribution in [0.1, 0.15) is 42.5 Å². The van der Waals surface area contributed by atoms with Crippen molar-refractivity contribution in [3.63, 3.8) is 0 Å². The zero-order valence-electron chi connectivity index (χ0n) is 13.3. The zero-order chi connectivity index (χ0) is 16.7. The minimum atomic E-state index is -0.554. The predicted octanol–water partition coefficient (Wildman–Crippen LogP) is 2.20. The van der Waals surface area contributed by atoms with Crippen molar-refractivity contribution < 1.29 is 13.9 Å². The Hall–Kier alpha value is -1.86. The molecule has 1 aromatic heterocycles. The van der Waals surface area contributed by atoms with Crippen LogP contribution in [0.3, 0.4) is 0 Å². The van der Waals surface area contributed by atoms with Crippen LogP contribution in [0.25, 0.3) is 0 Å². The van der Waals surface area contributed by atoms with Crippen LogP contribution in [-0.4, -0.2) is 37.4 Å². The quantitative estimate of drug-likeness (QED) is 0.935. The van der Waals surface area contributed by atoms with E-state index in [1.54, 1.807) is 0 Å². The van der Waals surface area contributed by atoms with E-state index >= 15 is 0 Å². The third-order valence-corrected chi connectivity index (χ3v) is 4.98. The summed E-state index contributed by atoms with van der Waals surface area (Å²) < 4.78 is 29.8. The number of aromatic nitrogens is 3. The Bertz CT molecular complexity index is 748. The normalized spacial score (nSPS) is 24.3. The number of aliphatic hydroxyl groups is 1. The van der Waals surface area contributed by atoms with Crippen LogP contribution in [0.4, 0.5) is 8.78 Å². The molecule has 2 aromatic rings. The molecule has 3 heterocycles. The van der Waals surface area contributed by atoms with Gasteiger partial charge in [-0.3, -0.25) is 4.90 Å². The van der Waals surface area contributed by atoms with Crippen molar-refractivity contribution in [1.82, 2.24) is 19.7 Å². The second-order valence-electron chi connectivity index (χ2n) is 6.64. The third kappa shape index (κ3) is 2.82. The van der Waals surface area contributed by atoms with Gasteiger partial charge >= 0.3 is 0 Å². The fourth-order valence-corrected chi connectivity index (χ4v) is 3.81. The van der Waals surface area contributed by atoms with Gasteiger partial charge in [-0.05, 0) is 37.5 Å². The first kappa shape index (κ1) is 15.7. The van der Waals surface area contributed by atoms with Gasteiger partial charge in [-0.15, -0.1) is 10.2 Å². The maximum atomic E-state index is 14.2. The van der Waals surface area contributed by atoms with E-state index in [1.807, 2.05) is 4.90 Å². The number of benzene rings is 1. The number of rotatable bonds is 3. The van der Waals surface area contributed by atoms with E-state index in [-0.39, 0.29) is 6.04 Å². The Morgan fingerprint density at radius 2 is 2.08 bits per heavy atom. The highest BCUT2D eigenvalue weighted by atomic mass is 19.1. The van der Waals surface area contributed by atoms with Crippen molar-refractivity contribution in [3.05, 3.63) is 47.0 Å². The molecule has 2 atom stereocenters. The molecule has 5 nitrogen and oxygen atoms in total. The summed E-state index contributed by atoms with van der Waals surface area (Å²) in [4.78, 5) is 1.97. The predicted molar refractivity (Wildman–Crippen MR) is 83.1 cm³/mol. The SMILES string of the molecule is O[C@H]1C[C@H](c2cc(F)ccc2F)N(Cc2nnc3n2CCCC3)C1. The van der Waals surface area contributed by atoms with E-state index in [0.717, 1.165) is 49.6 Å². The summed E-state index contributed by atoms with van der Waals surface area (Å²) in [6, 6.07) is 3.13. The second kappa shape index (κ2) is 6.22. The average Bonchev–Trinajstić information content (AvgIpc) is 3.14. The van der Waals surface area contributed by atoms with Crippen molar-refractivity contribution in [2.45, 2.75) is 50.9 Å². The Kier molecular flexibility index (Phi) is 4.05. The van der Waals surface area contributed by atoms with Crippen molar-refractivity contribution in [3.8, 4) is 0 Å². The highest BCUT2D eigenvalue weighted by molar-refractivity contribution is 5.24. The van der Waals surface area contributed by atoms with Crippen molar-refractivity contribution in [2.75, 3.05) is 6.54 Å². The van der Waals surface area contributed by atoms with Crippen molar-refractivity contribution in [1.29, 1.82) is 0 Å². The first-order valence-corrected chi connectivity index (χ1v) is 8.40. The number of likely N-dealkylation sites (tertiary alicyclic amines) is 1. The molecule has 0 radical (unpaired) electrons. The Morgan fingerprint density at radius 3 is 2.96 bits per heavy atom. The standard InChI is InChI=1S/C17H20F2N4O/c18-11-4-5-14(19)13(7-11)15-8-12(24)9-22(15)10-17-21-20-16-3-1-2-6-23(16)17/h4-5,7,12,15,24H,1-3,6,8-10H2/t12-,15+/m0/s1. The van der Waals surface area contributed by atoms with E-state index in [2.05, 4.69) is 14.8 Å². The molecule has 2 aliphatic rings. The summed E-state index contributed by atoms with van der Waals surface area (Å²) >= 11 is 0. The summed E-state index contributed by atoms with van der Waals surface area (Å²) in [5, 5.41) is 18.6. The molecule has 1 aromatic carbocycles. The summed E-state index contributed by atoms with van der Waals surface area (Å²) in [6.07, 6.45) is 2.99. The molecular weight excluding hydrogens is 314 g/mol. The lowest BCUT2D eigenvalue weighted by molar-refractivity contribution is 0.170. The van der Waals surface area contributed by atoms with Gasteiger partial charge in [0.1, 0.15) is 23.3 Å². The molecule has 1 saturated heterocycles. The van der Waals surface area contributed by atoms with Gasteiger partial charge in [0.05, 0.1) is 12.6 Å². The zero-order valence-corrected chi connectivity index (χ0v) is 13.3. The van der Waals surface area contributed by atoms with E-state index in [1.165, 1.54) is 6.07 Å². The Morgan fingerprint density at radius 1 is 1.21 bits per heavy atom. The number of fused-ring (bicyclic) bond motifs is 1. The first-order chi connectivity index (χ1) is 11.6. The Labute approximate surface area is 138 Å². The number of β-amino-alcohol motifs (C(OH)–C–C–N with tert-alkyl or cyclic N) is 1. The van der Waals surface area contributed by atoms with Gasteiger partial charge in [0.2, 0.25) is 0 Å². The molecule has 1 N–H and O–H groups in total. The maximum absolute atomic E-state index is 14.2. The lowest BCUT2D eigenvalue weighted by Gasteiger charge is -2.25.